The second kappa shape index (κ2) is 7.30. The lowest BCUT2D eigenvalue weighted by Gasteiger charge is -2.38. The zero-order chi connectivity index (χ0) is 20.8. The van der Waals surface area contributed by atoms with Gasteiger partial charge in [0.15, 0.2) is 10.9 Å². The molecule has 0 saturated carbocycles. The van der Waals surface area contributed by atoms with E-state index in [2.05, 4.69) is 21.9 Å². The predicted octanol–water partition coefficient (Wildman–Crippen LogP) is 4.39. The van der Waals surface area contributed by atoms with Crippen molar-refractivity contribution in [1.29, 1.82) is 0 Å². The Morgan fingerprint density at radius 3 is 2.79 bits per heavy atom. The SMILES string of the molecule is C=CCSc1nc2c(c(=O)[nH]1)C(c1ccccc1F)C1=C(CC(C)(C)CC1=O)N2. The Kier molecular flexibility index (Phi) is 4.94. The number of H-pyrrole nitrogens is 1. The number of nitrogens with zero attached hydrogens (tertiary/aromatic N) is 1. The molecule has 150 valence electrons. The van der Waals surface area contributed by atoms with Crippen LogP contribution in [0.2, 0.25) is 0 Å². The Balaban J connectivity index is 1.95. The molecule has 1 aliphatic heterocycles. The Bertz CT molecular complexity index is 1100. The maximum absolute atomic E-state index is 14.8. The van der Waals surface area contributed by atoms with E-state index in [0.717, 1.165) is 5.70 Å². The molecule has 2 N–H and O–H groups in total. The van der Waals surface area contributed by atoms with Gasteiger partial charge < -0.3 is 10.3 Å². The van der Waals surface area contributed by atoms with E-state index in [9.17, 15) is 14.0 Å². The van der Waals surface area contributed by atoms with E-state index in [-0.39, 0.29) is 22.3 Å². The summed E-state index contributed by atoms with van der Waals surface area (Å²) in [4.78, 5) is 33.5. The highest BCUT2D eigenvalue weighted by Gasteiger charge is 2.43. The Morgan fingerprint density at radius 1 is 1.31 bits per heavy atom. The molecule has 2 heterocycles. The summed E-state index contributed by atoms with van der Waals surface area (Å²) in [6.07, 6.45) is 2.71. The first kappa shape index (κ1) is 19.6. The van der Waals surface area contributed by atoms with Gasteiger partial charge in [0.1, 0.15) is 11.6 Å². The quantitative estimate of drug-likeness (QED) is 0.443. The van der Waals surface area contributed by atoms with Gasteiger partial charge in [-0.05, 0) is 17.9 Å². The number of nitrogens with one attached hydrogen (secondary N) is 2. The van der Waals surface area contributed by atoms with Crippen molar-refractivity contribution in [3.8, 4) is 0 Å². The van der Waals surface area contributed by atoms with Gasteiger partial charge in [-0.25, -0.2) is 9.37 Å². The summed E-state index contributed by atoms with van der Waals surface area (Å²) in [5.74, 6) is -0.303. The number of aromatic amines is 1. The van der Waals surface area contributed by atoms with Crippen LogP contribution in [0.4, 0.5) is 10.2 Å². The Morgan fingerprint density at radius 2 is 2.07 bits per heavy atom. The number of hydrogen-bond donors (Lipinski definition) is 2. The Labute approximate surface area is 172 Å². The standard InChI is InChI=1S/C22H22FN3O2S/c1-4-9-29-21-25-19-18(20(28)26-21)16(12-7-5-6-8-13(12)23)17-14(24-19)10-22(2,3)11-15(17)27/h4-8,16H,1,9-11H2,2-3H3,(H2,24,25,26,28). The first-order valence-electron chi connectivity index (χ1n) is 9.46. The molecule has 1 aromatic heterocycles. The van der Waals surface area contributed by atoms with E-state index in [4.69, 9.17) is 0 Å². The van der Waals surface area contributed by atoms with Crippen LogP contribution in [0.1, 0.15) is 43.7 Å². The number of carbonyl (C=O) groups excluding carboxylic acids is 1. The summed E-state index contributed by atoms with van der Waals surface area (Å²) in [5, 5.41) is 3.69. The number of fused-ring (bicyclic) bond motifs is 1. The lowest BCUT2D eigenvalue weighted by atomic mass is 9.69. The van der Waals surface area contributed by atoms with Crippen LogP contribution in [0.15, 0.2) is 58.1 Å². The second-order valence-corrected chi connectivity index (χ2v) is 9.15. The molecule has 5 nitrogen and oxygen atoms in total. The van der Waals surface area contributed by atoms with Crippen LogP contribution >= 0.6 is 11.8 Å². The van der Waals surface area contributed by atoms with Gasteiger partial charge >= 0.3 is 0 Å². The van der Waals surface area contributed by atoms with E-state index in [1.54, 1.807) is 24.3 Å². The predicted molar refractivity (Wildman–Crippen MR) is 113 cm³/mol. The normalized spacial score (nSPS) is 20.0. The Hall–Kier alpha value is -2.67. The minimum Gasteiger partial charge on any atom is -0.343 e. The molecule has 2 aromatic rings. The van der Waals surface area contributed by atoms with Crippen LogP contribution in [0.5, 0.6) is 0 Å². The molecule has 0 fully saturated rings. The third kappa shape index (κ3) is 3.55. The molecule has 0 saturated heterocycles. The molecule has 1 aliphatic carbocycles. The zero-order valence-electron chi connectivity index (χ0n) is 16.3. The number of anilines is 1. The van der Waals surface area contributed by atoms with E-state index in [1.165, 1.54) is 17.8 Å². The van der Waals surface area contributed by atoms with Crippen LogP contribution in [-0.2, 0) is 4.79 Å². The van der Waals surface area contributed by atoms with Crippen molar-refractivity contribution in [2.45, 2.75) is 37.8 Å². The lowest BCUT2D eigenvalue weighted by Crippen LogP contribution is -2.37. The van der Waals surface area contributed by atoms with Crippen molar-refractivity contribution in [3.63, 3.8) is 0 Å². The summed E-state index contributed by atoms with van der Waals surface area (Å²) in [5.41, 5.74) is 1.21. The van der Waals surface area contributed by atoms with Gasteiger partial charge in [-0.1, -0.05) is 49.9 Å². The smallest absolute Gasteiger partial charge is 0.257 e. The van der Waals surface area contributed by atoms with Gasteiger partial charge in [0.25, 0.3) is 5.56 Å². The molecule has 0 bridgehead atoms. The van der Waals surface area contributed by atoms with Crippen LogP contribution in [0, 0.1) is 11.2 Å². The number of thioether (sulfide) groups is 1. The van der Waals surface area contributed by atoms with E-state index in [1.807, 2.05) is 13.8 Å². The average Bonchev–Trinajstić information content (AvgIpc) is 2.64. The lowest BCUT2D eigenvalue weighted by molar-refractivity contribution is -0.118. The molecular weight excluding hydrogens is 389 g/mol. The van der Waals surface area contributed by atoms with Crippen LogP contribution in [0.25, 0.3) is 0 Å². The highest BCUT2D eigenvalue weighted by molar-refractivity contribution is 7.99. The molecule has 0 radical (unpaired) electrons. The van der Waals surface area contributed by atoms with Gasteiger partial charge in [0, 0.05) is 29.0 Å². The topological polar surface area (TPSA) is 74.8 Å². The minimum atomic E-state index is -0.777. The van der Waals surface area contributed by atoms with Gasteiger partial charge in [-0.3, -0.25) is 9.59 Å². The molecular formula is C22H22FN3O2S. The van der Waals surface area contributed by atoms with Crippen LogP contribution in [0.3, 0.4) is 0 Å². The fourth-order valence-corrected chi connectivity index (χ4v) is 4.72. The number of rotatable bonds is 4. The van der Waals surface area contributed by atoms with E-state index in [0.29, 0.717) is 40.7 Å². The average molecular weight is 412 g/mol. The van der Waals surface area contributed by atoms with Crippen molar-refractivity contribution in [1.82, 2.24) is 9.97 Å². The summed E-state index contributed by atoms with van der Waals surface area (Å²) in [7, 11) is 0. The summed E-state index contributed by atoms with van der Waals surface area (Å²) < 4.78 is 14.8. The monoisotopic (exact) mass is 411 g/mol. The maximum Gasteiger partial charge on any atom is 0.257 e. The summed E-state index contributed by atoms with van der Waals surface area (Å²) in [6, 6.07) is 6.30. The zero-order valence-corrected chi connectivity index (χ0v) is 17.2. The van der Waals surface area contributed by atoms with Crippen molar-refractivity contribution in [2.75, 3.05) is 11.1 Å². The van der Waals surface area contributed by atoms with Crippen molar-refractivity contribution in [2.24, 2.45) is 5.41 Å². The molecule has 0 spiro atoms. The minimum absolute atomic E-state index is 0.0628. The third-order valence-corrected chi connectivity index (χ3v) is 6.12. The van der Waals surface area contributed by atoms with Crippen molar-refractivity contribution in [3.05, 3.63) is 75.5 Å². The molecule has 7 heteroatoms. The molecule has 1 unspecified atom stereocenters. The highest BCUT2D eigenvalue weighted by atomic mass is 32.2. The van der Waals surface area contributed by atoms with Crippen molar-refractivity contribution < 1.29 is 9.18 Å². The number of benzene rings is 1. The number of halogens is 1. The van der Waals surface area contributed by atoms with Crippen LogP contribution in [-0.4, -0.2) is 21.5 Å². The largest absolute Gasteiger partial charge is 0.343 e. The van der Waals surface area contributed by atoms with Gasteiger partial charge in [0.05, 0.1) is 11.5 Å². The number of ketones is 1. The fourth-order valence-electron chi connectivity index (χ4n) is 4.12. The molecule has 2 aliphatic rings. The van der Waals surface area contributed by atoms with Gasteiger partial charge in [-0.2, -0.15) is 0 Å². The summed E-state index contributed by atoms with van der Waals surface area (Å²) >= 11 is 1.36. The number of aromatic nitrogens is 2. The number of allylic oxidation sites excluding steroid dienone is 2. The van der Waals surface area contributed by atoms with Crippen LogP contribution < -0.4 is 10.9 Å². The van der Waals surface area contributed by atoms with E-state index < -0.39 is 11.7 Å². The van der Waals surface area contributed by atoms with E-state index >= 15 is 0 Å². The summed E-state index contributed by atoms with van der Waals surface area (Å²) in [6.45, 7) is 7.74. The highest BCUT2D eigenvalue weighted by Crippen LogP contribution is 2.48. The number of carbonyl (C=O) groups is 1. The molecule has 29 heavy (non-hydrogen) atoms. The molecule has 4 rings (SSSR count). The van der Waals surface area contributed by atoms with Gasteiger partial charge in [0.2, 0.25) is 0 Å². The second-order valence-electron chi connectivity index (χ2n) is 8.15. The van der Waals surface area contributed by atoms with Gasteiger partial charge in [-0.15, -0.1) is 6.58 Å². The maximum atomic E-state index is 14.8. The first-order chi connectivity index (χ1) is 13.8. The molecule has 0 amide bonds. The van der Waals surface area contributed by atoms with Crippen molar-refractivity contribution >= 4 is 23.4 Å². The third-order valence-electron chi connectivity index (χ3n) is 5.25. The number of Topliss-reactive ketones (excluding diaryl/α,β-unsaturated/α-hetero) is 1. The number of hydrogen-bond acceptors (Lipinski definition) is 5. The molecule has 1 aromatic carbocycles. The first-order valence-corrected chi connectivity index (χ1v) is 10.4. The molecule has 1 atom stereocenters. The fraction of sp³-hybridized carbons (Fsp3) is 0.318.